The molecule has 1 aromatic carbocycles. The van der Waals surface area contributed by atoms with Gasteiger partial charge in [-0.2, -0.15) is 0 Å². The summed E-state index contributed by atoms with van der Waals surface area (Å²) < 4.78 is 19.2. The van der Waals surface area contributed by atoms with E-state index >= 15 is 0 Å². The normalized spacial score (nSPS) is 26.3. The summed E-state index contributed by atoms with van der Waals surface area (Å²) in [7, 11) is 1.56. The molecule has 2 aliphatic heterocycles. The second kappa shape index (κ2) is 12.5. The van der Waals surface area contributed by atoms with Crippen molar-refractivity contribution in [3.63, 3.8) is 0 Å². The Labute approximate surface area is 231 Å². The number of aliphatic hydroxyl groups excluding tert-OH is 1. The number of carbonyl (C=O) groups excluding carboxylic acids is 1. The van der Waals surface area contributed by atoms with Crippen LogP contribution in [-0.4, -0.2) is 66.4 Å². The Morgan fingerprint density at radius 1 is 1.35 bits per heavy atom. The fourth-order valence-corrected chi connectivity index (χ4v) is 6.93. The summed E-state index contributed by atoms with van der Waals surface area (Å²) in [6, 6.07) is 3.94. The van der Waals surface area contributed by atoms with Crippen molar-refractivity contribution < 1.29 is 28.9 Å². The molecule has 0 saturated carbocycles. The Bertz CT molecular complexity index is 939. The molecule has 4 N–H and O–H groups in total. The van der Waals surface area contributed by atoms with Crippen LogP contribution in [-0.2, 0) is 25.5 Å². The first-order valence-electron chi connectivity index (χ1n) is 10.5. The van der Waals surface area contributed by atoms with Gasteiger partial charge in [-0.3, -0.25) is 4.79 Å². The number of carbonyl (C=O) groups is 1. The number of ether oxygens (including phenoxy) is 3. The summed E-state index contributed by atoms with van der Waals surface area (Å²) >= 11 is 13.9. The third-order valence-electron chi connectivity index (χ3n) is 5.26. The highest BCUT2D eigenvalue weighted by atomic mass is 79.9. The van der Waals surface area contributed by atoms with Crippen molar-refractivity contribution in [1.29, 1.82) is 0 Å². The van der Waals surface area contributed by atoms with Crippen molar-refractivity contribution in [2.75, 3.05) is 26.8 Å². The third kappa shape index (κ3) is 6.34. The van der Waals surface area contributed by atoms with E-state index in [0.29, 0.717) is 36.3 Å². The lowest BCUT2D eigenvalue weighted by atomic mass is 9.99. The van der Waals surface area contributed by atoms with Gasteiger partial charge < -0.3 is 35.2 Å². The van der Waals surface area contributed by atoms with Gasteiger partial charge in [0.05, 0.1) is 24.9 Å². The van der Waals surface area contributed by atoms with Crippen LogP contribution in [0.25, 0.3) is 0 Å². The number of nitrogens with zero attached hydrogens (tertiary/aromatic N) is 1. The number of hydrogen-bond acceptors (Lipinski definition) is 8. The van der Waals surface area contributed by atoms with E-state index in [2.05, 4.69) is 74.2 Å². The number of aliphatic hydroxyl groups is 1. The highest BCUT2D eigenvalue weighted by molar-refractivity contribution is 9.12. The lowest BCUT2D eigenvalue weighted by Crippen LogP contribution is -2.50. The molecule has 0 bridgehead atoms. The Morgan fingerprint density at radius 2 is 2.06 bits per heavy atom. The average molecular weight is 735 g/mol. The van der Waals surface area contributed by atoms with Gasteiger partial charge >= 0.3 is 5.79 Å². The van der Waals surface area contributed by atoms with Crippen molar-refractivity contribution in [2.24, 2.45) is 10.9 Å². The highest BCUT2D eigenvalue weighted by Gasteiger charge is 2.55. The van der Waals surface area contributed by atoms with E-state index in [1.807, 2.05) is 12.1 Å². The summed E-state index contributed by atoms with van der Waals surface area (Å²) in [6.07, 6.45) is 1.17. The quantitative estimate of drug-likeness (QED) is 0.262. The van der Waals surface area contributed by atoms with E-state index < -0.39 is 17.8 Å². The summed E-state index contributed by atoms with van der Waals surface area (Å²) in [4.78, 5) is 17.8. The number of nitrogens with one attached hydrogen (secondary N) is 1. The molecule has 4 atom stereocenters. The minimum atomic E-state index is -1.52. The van der Waals surface area contributed by atoms with Crippen molar-refractivity contribution in [3.05, 3.63) is 37.4 Å². The molecule has 34 heavy (non-hydrogen) atoms. The monoisotopic (exact) mass is 731 g/mol. The lowest BCUT2D eigenvalue weighted by Gasteiger charge is -2.29. The molecule has 0 unspecified atom stereocenters. The number of nitrogens with two attached hydrogens (primary N) is 1. The largest absolute Gasteiger partial charge is 0.491 e. The number of oxime groups is 1. The van der Waals surface area contributed by atoms with Crippen LogP contribution in [0.1, 0.15) is 18.4 Å². The number of amides is 1. The number of methoxy groups -OCH3 is 1. The Kier molecular flexibility index (Phi) is 10.3. The molecule has 0 aliphatic carbocycles. The molecule has 0 saturated heterocycles. The molecule has 1 spiro atoms. The van der Waals surface area contributed by atoms with Crippen LogP contribution in [0.15, 0.2) is 37.0 Å². The van der Waals surface area contributed by atoms with Gasteiger partial charge in [-0.25, -0.2) is 0 Å². The molecule has 13 heteroatoms. The number of alkyl halides is 1. The average Bonchev–Trinajstić information content (AvgIpc) is 3.03. The molecule has 1 amide bonds. The van der Waals surface area contributed by atoms with Gasteiger partial charge in [0, 0.05) is 20.1 Å². The summed E-state index contributed by atoms with van der Waals surface area (Å²) in [6.45, 7) is 1.25. The molecule has 188 valence electrons. The van der Waals surface area contributed by atoms with Crippen LogP contribution >= 0.6 is 63.7 Å². The van der Waals surface area contributed by atoms with Gasteiger partial charge in [-0.1, -0.05) is 21.1 Å². The van der Waals surface area contributed by atoms with E-state index in [1.165, 1.54) is 6.26 Å². The predicted octanol–water partition coefficient (Wildman–Crippen LogP) is 3.48. The zero-order valence-corrected chi connectivity index (χ0v) is 24.6. The third-order valence-corrected chi connectivity index (χ3v) is 7.88. The first-order chi connectivity index (χ1) is 16.2. The van der Waals surface area contributed by atoms with E-state index in [4.69, 9.17) is 24.8 Å². The molecule has 1 aromatic rings. The fraction of sp³-hybridized carbons (Fsp3) is 0.524. The maximum absolute atomic E-state index is 12.6. The second-order valence-electron chi connectivity index (χ2n) is 7.66. The van der Waals surface area contributed by atoms with Crippen molar-refractivity contribution in [3.8, 4) is 5.75 Å². The molecule has 9 nitrogen and oxygen atoms in total. The maximum Gasteiger partial charge on any atom is 0.307 e. The molecule has 0 aromatic heterocycles. The topological polar surface area (TPSA) is 125 Å². The van der Waals surface area contributed by atoms with Gasteiger partial charge in [0.1, 0.15) is 18.1 Å². The van der Waals surface area contributed by atoms with Crippen LogP contribution in [0.5, 0.6) is 5.75 Å². The molecule has 2 heterocycles. The van der Waals surface area contributed by atoms with Gasteiger partial charge in [0.25, 0.3) is 5.91 Å². The van der Waals surface area contributed by atoms with Crippen LogP contribution in [0, 0.1) is 0 Å². The number of rotatable bonds is 9. The zero-order valence-electron chi connectivity index (χ0n) is 18.2. The van der Waals surface area contributed by atoms with Crippen LogP contribution < -0.4 is 15.8 Å². The van der Waals surface area contributed by atoms with E-state index in [-0.39, 0.29) is 23.1 Å². The number of benzene rings is 1. The van der Waals surface area contributed by atoms with Gasteiger partial charge in [-0.05, 0) is 84.9 Å². The minimum absolute atomic E-state index is 0.151. The summed E-state index contributed by atoms with van der Waals surface area (Å²) in [5.74, 6) is -1.38. The van der Waals surface area contributed by atoms with E-state index in [9.17, 15) is 9.90 Å². The standard InChI is InChI=1S/C21H25Br4N3O6/c1-31-17-14(24)9-21(33-10-15(17)25)19(29)16(28-34-21)20(30)27-5-2-6-32-18-12(22)7-11(3-4-26)8-13(18)23/h7-8,10,14,17,19,29H,2-6,9,26H2,1H3,(H,27,30)/t14-,17+,19+,21+/m1/s1. The van der Waals surface area contributed by atoms with E-state index in [1.54, 1.807) is 7.11 Å². The zero-order chi connectivity index (χ0) is 24.9. The first-order valence-corrected chi connectivity index (χ1v) is 13.7. The predicted molar refractivity (Wildman–Crippen MR) is 141 cm³/mol. The molecule has 3 rings (SSSR count). The number of halogens is 4. The Balaban J connectivity index is 1.49. The molecule has 0 fully saturated rings. The number of hydrogen-bond donors (Lipinski definition) is 3. The lowest BCUT2D eigenvalue weighted by molar-refractivity contribution is -0.230. The Morgan fingerprint density at radius 3 is 2.71 bits per heavy atom. The Hall–Kier alpha value is -0.700. The summed E-state index contributed by atoms with van der Waals surface area (Å²) in [5.41, 5.74) is 6.56. The first kappa shape index (κ1) is 27.9. The fourth-order valence-electron chi connectivity index (χ4n) is 3.52. The molecular formula is C21H25Br4N3O6. The highest BCUT2D eigenvalue weighted by Crippen LogP contribution is 2.40. The van der Waals surface area contributed by atoms with Gasteiger partial charge in [0.15, 0.2) is 11.8 Å². The van der Waals surface area contributed by atoms with Crippen LogP contribution in [0.4, 0.5) is 0 Å². The SMILES string of the molecule is CO[C@@H]1C(Br)=CO[C@@]2(C[C@H]1Br)ON=C(C(=O)NCCCOc1c(Br)cc(CCN)cc1Br)[C@@H]2O. The van der Waals surface area contributed by atoms with Crippen molar-refractivity contribution >= 4 is 75.3 Å². The van der Waals surface area contributed by atoms with Crippen molar-refractivity contribution in [1.82, 2.24) is 5.32 Å². The summed E-state index contributed by atoms with van der Waals surface area (Å²) in [5, 5.41) is 17.3. The van der Waals surface area contributed by atoms with Gasteiger partial charge in [0.2, 0.25) is 0 Å². The van der Waals surface area contributed by atoms with Gasteiger partial charge in [-0.15, -0.1) is 0 Å². The smallest absolute Gasteiger partial charge is 0.307 e. The molecular weight excluding hydrogens is 710 g/mol. The van der Waals surface area contributed by atoms with Crippen LogP contribution in [0.2, 0.25) is 0 Å². The second-order valence-corrected chi connectivity index (χ2v) is 11.5. The maximum atomic E-state index is 12.6. The molecule has 0 radical (unpaired) electrons. The minimum Gasteiger partial charge on any atom is -0.491 e. The van der Waals surface area contributed by atoms with Crippen LogP contribution in [0.3, 0.4) is 0 Å². The van der Waals surface area contributed by atoms with Crippen molar-refractivity contribution in [2.45, 2.75) is 42.1 Å². The molecule has 2 aliphatic rings. The van der Waals surface area contributed by atoms with E-state index in [0.717, 1.165) is 20.9 Å².